The van der Waals surface area contributed by atoms with Gasteiger partial charge in [-0.05, 0) is 25.1 Å². The number of H-pyrrole nitrogens is 1. The Hall–Kier alpha value is -2.82. The van der Waals surface area contributed by atoms with Gasteiger partial charge in [0.05, 0.1) is 17.9 Å². The van der Waals surface area contributed by atoms with Crippen molar-refractivity contribution < 1.29 is 9.21 Å². The summed E-state index contributed by atoms with van der Waals surface area (Å²) in [6, 6.07) is 10.3. The lowest BCUT2D eigenvalue weighted by Gasteiger charge is -2.12. The molecule has 106 valence electrons. The van der Waals surface area contributed by atoms with Crippen LogP contribution in [-0.4, -0.2) is 10.9 Å². The second-order valence-electron chi connectivity index (χ2n) is 4.79. The largest absolute Gasteiger partial charge is 0.467 e. The van der Waals surface area contributed by atoms with Gasteiger partial charge in [0, 0.05) is 17.0 Å². The van der Waals surface area contributed by atoms with Crippen LogP contribution in [0.5, 0.6) is 0 Å². The number of furan rings is 1. The van der Waals surface area contributed by atoms with Crippen LogP contribution >= 0.6 is 0 Å². The highest BCUT2D eigenvalue weighted by Gasteiger charge is 2.16. The number of hydrogen-bond acceptors (Lipinski definition) is 3. The quantitative estimate of drug-likeness (QED) is 0.775. The first-order valence-corrected chi connectivity index (χ1v) is 6.61. The molecule has 0 aliphatic heterocycles. The Morgan fingerprint density at radius 1 is 1.19 bits per heavy atom. The summed E-state index contributed by atoms with van der Waals surface area (Å²) in [6.45, 7) is 1.84. The minimum absolute atomic E-state index is 0.207. The van der Waals surface area contributed by atoms with Crippen LogP contribution in [0.15, 0.2) is 58.1 Å². The van der Waals surface area contributed by atoms with E-state index in [0.29, 0.717) is 22.1 Å². The summed E-state index contributed by atoms with van der Waals surface area (Å²) in [5, 5.41) is 3.98. The van der Waals surface area contributed by atoms with Crippen LogP contribution in [0, 0.1) is 0 Å². The third-order valence-corrected chi connectivity index (χ3v) is 3.37. The highest BCUT2D eigenvalue weighted by Crippen LogP contribution is 2.17. The molecule has 0 radical (unpaired) electrons. The summed E-state index contributed by atoms with van der Waals surface area (Å²) in [4.78, 5) is 26.8. The summed E-state index contributed by atoms with van der Waals surface area (Å²) >= 11 is 0. The average molecular weight is 282 g/mol. The Labute approximate surface area is 120 Å². The average Bonchev–Trinajstić information content (AvgIpc) is 3.02. The van der Waals surface area contributed by atoms with Crippen molar-refractivity contribution in [3.05, 3.63) is 70.5 Å². The Balaban J connectivity index is 1.95. The van der Waals surface area contributed by atoms with Crippen molar-refractivity contribution in [3.63, 3.8) is 0 Å². The van der Waals surface area contributed by atoms with E-state index in [9.17, 15) is 9.59 Å². The first-order chi connectivity index (χ1) is 10.2. The maximum absolute atomic E-state index is 12.4. The lowest BCUT2D eigenvalue weighted by molar-refractivity contribution is 0.0936. The van der Waals surface area contributed by atoms with Gasteiger partial charge < -0.3 is 14.7 Å². The second-order valence-corrected chi connectivity index (χ2v) is 4.79. The van der Waals surface area contributed by atoms with Crippen LogP contribution in [0.25, 0.3) is 10.8 Å². The fourth-order valence-corrected chi connectivity index (χ4v) is 2.28. The van der Waals surface area contributed by atoms with E-state index in [2.05, 4.69) is 10.3 Å². The number of benzene rings is 1. The van der Waals surface area contributed by atoms with Crippen LogP contribution in [0.1, 0.15) is 29.1 Å². The SMILES string of the molecule is C[C@H](NC(=O)c1c[nH]c(=O)c2ccccc12)c1ccco1. The topological polar surface area (TPSA) is 75.1 Å². The Kier molecular flexibility index (Phi) is 3.31. The summed E-state index contributed by atoms with van der Waals surface area (Å²) in [5.74, 6) is 0.420. The Morgan fingerprint density at radius 3 is 2.67 bits per heavy atom. The van der Waals surface area contributed by atoms with E-state index in [1.165, 1.54) is 6.20 Å². The molecule has 0 bridgehead atoms. The van der Waals surface area contributed by atoms with Crippen molar-refractivity contribution >= 4 is 16.7 Å². The van der Waals surface area contributed by atoms with Gasteiger partial charge in [-0.25, -0.2) is 0 Å². The van der Waals surface area contributed by atoms with Gasteiger partial charge in [0.1, 0.15) is 5.76 Å². The molecule has 3 aromatic rings. The number of rotatable bonds is 3. The number of carbonyl (C=O) groups excluding carboxylic acids is 1. The van der Waals surface area contributed by atoms with Gasteiger partial charge in [-0.3, -0.25) is 9.59 Å². The molecule has 1 amide bonds. The standard InChI is InChI=1S/C16H14N2O3/c1-10(14-7-4-8-21-14)18-16(20)13-9-17-15(19)12-6-3-2-5-11(12)13/h2-10H,1H3,(H,17,19)(H,18,20)/t10-/m0/s1. The van der Waals surface area contributed by atoms with Crippen LogP contribution in [0.2, 0.25) is 0 Å². The number of fused-ring (bicyclic) bond motifs is 1. The molecule has 5 heteroatoms. The van der Waals surface area contributed by atoms with Gasteiger partial charge in [0.2, 0.25) is 0 Å². The predicted molar refractivity (Wildman–Crippen MR) is 79.2 cm³/mol. The first-order valence-electron chi connectivity index (χ1n) is 6.61. The molecule has 2 N–H and O–H groups in total. The van der Waals surface area contributed by atoms with Crippen LogP contribution in [0.3, 0.4) is 0 Å². The van der Waals surface area contributed by atoms with Gasteiger partial charge in [-0.1, -0.05) is 18.2 Å². The Morgan fingerprint density at radius 2 is 1.95 bits per heavy atom. The maximum Gasteiger partial charge on any atom is 0.255 e. The van der Waals surface area contributed by atoms with Gasteiger partial charge in [0.25, 0.3) is 11.5 Å². The monoisotopic (exact) mass is 282 g/mol. The van der Waals surface area contributed by atoms with E-state index in [1.807, 2.05) is 6.92 Å². The molecular weight excluding hydrogens is 268 g/mol. The molecule has 1 aromatic carbocycles. The number of pyridine rings is 1. The molecule has 0 spiro atoms. The summed E-state index contributed by atoms with van der Waals surface area (Å²) in [6.07, 6.45) is 3.00. The Bertz CT molecular complexity index is 834. The third kappa shape index (κ3) is 2.45. The summed E-state index contributed by atoms with van der Waals surface area (Å²) in [7, 11) is 0. The summed E-state index contributed by atoms with van der Waals surface area (Å²) in [5.41, 5.74) is 0.227. The number of nitrogens with one attached hydrogen (secondary N) is 2. The number of amides is 1. The van der Waals surface area contributed by atoms with E-state index in [-0.39, 0.29) is 17.5 Å². The molecule has 5 nitrogen and oxygen atoms in total. The zero-order valence-corrected chi connectivity index (χ0v) is 11.4. The minimum atomic E-state index is -0.258. The zero-order chi connectivity index (χ0) is 14.8. The molecule has 3 rings (SSSR count). The van der Waals surface area contributed by atoms with E-state index < -0.39 is 0 Å². The van der Waals surface area contributed by atoms with Crippen molar-refractivity contribution in [1.29, 1.82) is 0 Å². The van der Waals surface area contributed by atoms with Gasteiger partial charge in [-0.2, -0.15) is 0 Å². The van der Waals surface area contributed by atoms with E-state index in [1.54, 1.807) is 42.7 Å². The molecule has 0 unspecified atom stereocenters. The maximum atomic E-state index is 12.4. The fourth-order valence-electron chi connectivity index (χ4n) is 2.28. The van der Waals surface area contributed by atoms with Crippen molar-refractivity contribution in [2.24, 2.45) is 0 Å². The molecule has 2 aromatic heterocycles. The molecule has 2 heterocycles. The molecule has 0 fully saturated rings. The lowest BCUT2D eigenvalue weighted by Crippen LogP contribution is -2.27. The van der Waals surface area contributed by atoms with Crippen LogP contribution in [-0.2, 0) is 0 Å². The molecule has 1 atom stereocenters. The van der Waals surface area contributed by atoms with Crippen LogP contribution < -0.4 is 10.9 Å². The highest BCUT2D eigenvalue weighted by atomic mass is 16.3. The second kappa shape index (κ2) is 5.28. The number of carbonyl (C=O) groups is 1. The van der Waals surface area contributed by atoms with Crippen molar-refractivity contribution in [3.8, 4) is 0 Å². The van der Waals surface area contributed by atoms with Crippen molar-refractivity contribution in [2.45, 2.75) is 13.0 Å². The van der Waals surface area contributed by atoms with Gasteiger partial charge in [0.15, 0.2) is 0 Å². The van der Waals surface area contributed by atoms with Crippen molar-refractivity contribution in [2.75, 3.05) is 0 Å². The highest BCUT2D eigenvalue weighted by molar-refractivity contribution is 6.06. The molecule has 0 aliphatic carbocycles. The van der Waals surface area contributed by atoms with E-state index in [0.717, 1.165) is 0 Å². The molecule has 21 heavy (non-hydrogen) atoms. The third-order valence-electron chi connectivity index (χ3n) is 3.37. The molecule has 0 aliphatic rings. The zero-order valence-electron chi connectivity index (χ0n) is 11.4. The number of aromatic nitrogens is 1. The van der Waals surface area contributed by atoms with Crippen LogP contribution in [0.4, 0.5) is 0 Å². The number of aromatic amines is 1. The number of hydrogen-bond donors (Lipinski definition) is 2. The lowest BCUT2D eigenvalue weighted by atomic mass is 10.1. The minimum Gasteiger partial charge on any atom is -0.467 e. The van der Waals surface area contributed by atoms with Crippen molar-refractivity contribution in [1.82, 2.24) is 10.3 Å². The fraction of sp³-hybridized carbons (Fsp3) is 0.125. The molecular formula is C16H14N2O3. The normalized spacial score (nSPS) is 12.2. The molecule has 0 saturated carbocycles. The molecule has 0 saturated heterocycles. The van der Waals surface area contributed by atoms with E-state index in [4.69, 9.17) is 4.42 Å². The first kappa shape index (κ1) is 13.2. The van der Waals surface area contributed by atoms with E-state index >= 15 is 0 Å². The smallest absolute Gasteiger partial charge is 0.255 e. The van der Waals surface area contributed by atoms with Gasteiger partial charge in [-0.15, -0.1) is 0 Å². The van der Waals surface area contributed by atoms with Gasteiger partial charge >= 0.3 is 0 Å². The predicted octanol–water partition coefficient (Wildman–Crippen LogP) is 2.61. The summed E-state index contributed by atoms with van der Waals surface area (Å²) < 4.78 is 5.27.